The molecule has 5 rings (SSSR count). The molecule has 1 amide bonds. The van der Waals surface area contributed by atoms with E-state index in [1.807, 2.05) is 54.6 Å². The Morgan fingerprint density at radius 2 is 1.62 bits per heavy atom. The molecule has 1 aromatic heterocycles. The first-order chi connectivity index (χ1) is 15.6. The Morgan fingerprint density at radius 3 is 2.41 bits per heavy atom. The lowest BCUT2D eigenvalue weighted by atomic mass is 10.0. The highest BCUT2D eigenvalue weighted by atomic mass is 19.1. The van der Waals surface area contributed by atoms with Gasteiger partial charge < -0.3 is 9.73 Å². The minimum atomic E-state index is -0.945. The molecule has 0 unspecified atom stereocenters. The van der Waals surface area contributed by atoms with Crippen molar-refractivity contribution in [3.63, 3.8) is 0 Å². The number of carbonyl (C=O) groups is 1. The number of nitrogens with zero attached hydrogens (tertiary/aromatic N) is 4. The van der Waals surface area contributed by atoms with E-state index in [-0.39, 0.29) is 23.6 Å². The molecule has 1 aliphatic heterocycles. The number of nitrogens with one attached hydrogen (secondary N) is 1. The fourth-order valence-corrected chi connectivity index (χ4v) is 3.51. The summed E-state index contributed by atoms with van der Waals surface area (Å²) in [6.07, 6.45) is -0.945. The normalized spacial score (nSPS) is 15.4. The summed E-state index contributed by atoms with van der Waals surface area (Å²) in [4.78, 5) is 19.4. The maximum absolute atomic E-state index is 13.2. The van der Waals surface area contributed by atoms with Gasteiger partial charge in [-0.3, -0.25) is 9.69 Å². The van der Waals surface area contributed by atoms with E-state index < -0.39 is 6.17 Å². The van der Waals surface area contributed by atoms with Gasteiger partial charge in [0.05, 0.1) is 11.4 Å². The van der Waals surface area contributed by atoms with Crippen LogP contribution in [-0.4, -0.2) is 35.0 Å². The van der Waals surface area contributed by atoms with Crippen LogP contribution < -0.4 is 10.2 Å². The molecule has 0 radical (unpaired) electrons. The van der Waals surface area contributed by atoms with Gasteiger partial charge in [0.2, 0.25) is 12.1 Å². The number of amides is 1. The first-order valence-corrected chi connectivity index (χ1v) is 9.96. The highest BCUT2D eigenvalue weighted by Gasteiger charge is 2.31. The highest BCUT2D eigenvalue weighted by molar-refractivity contribution is 6.19. The molecule has 0 saturated carbocycles. The number of fused-ring (bicyclic) bond motifs is 1. The van der Waals surface area contributed by atoms with Gasteiger partial charge in [0, 0.05) is 23.7 Å². The minimum Gasteiger partial charge on any atom is -0.403 e. The molecule has 1 aliphatic rings. The van der Waals surface area contributed by atoms with Crippen LogP contribution in [0.1, 0.15) is 11.1 Å². The van der Waals surface area contributed by atoms with Crippen LogP contribution in [0.25, 0.3) is 11.5 Å². The van der Waals surface area contributed by atoms with Crippen LogP contribution in [0, 0.1) is 5.82 Å². The predicted molar refractivity (Wildman–Crippen MR) is 119 cm³/mol. The molecule has 7 nitrogen and oxygen atoms in total. The molecule has 1 N–H and O–H groups in total. The van der Waals surface area contributed by atoms with Crippen molar-refractivity contribution in [3.8, 4) is 11.5 Å². The van der Waals surface area contributed by atoms with Crippen molar-refractivity contribution in [1.29, 1.82) is 0 Å². The van der Waals surface area contributed by atoms with Gasteiger partial charge in [-0.25, -0.2) is 9.38 Å². The summed E-state index contributed by atoms with van der Waals surface area (Å²) in [6.45, 7) is 0. The molecule has 0 aliphatic carbocycles. The average Bonchev–Trinajstić information content (AvgIpc) is 3.26. The monoisotopic (exact) mass is 427 g/mol. The Kier molecular flexibility index (Phi) is 4.95. The van der Waals surface area contributed by atoms with Gasteiger partial charge in [0.15, 0.2) is 0 Å². The number of hydrogen-bond acceptors (Lipinski definition) is 6. The number of para-hydroxylation sites is 1. The fraction of sp³-hybridized carbons (Fsp3) is 0.0833. The summed E-state index contributed by atoms with van der Waals surface area (Å²) in [5.41, 5.74) is 3.63. The molecule has 8 heteroatoms. The minimum absolute atomic E-state index is 0.117. The molecular weight excluding hydrogens is 409 g/mol. The second-order valence-electron chi connectivity index (χ2n) is 7.26. The lowest BCUT2D eigenvalue weighted by Gasteiger charge is -2.21. The molecule has 2 heterocycles. The molecule has 32 heavy (non-hydrogen) atoms. The highest BCUT2D eigenvalue weighted by Crippen LogP contribution is 2.27. The van der Waals surface area contributed by atoms with Crippen LogP contribution in [0.3, 0.4) is 0 Å². The fourth-order valence-electron chi connectivity index (χ4n) is 3.51. The molecule has 0 saturated heterocycles. The van der Waals surface area contributed by atoms with Crippen molar-refractivity contribution in [3.05, 3.63) is 95.8 Å². The van der Waals surface area contributed by atoms with Gasteiger partial charge in [0.1, 0.15) is 5.82 Å². The van der Waals surface area contributed by atoms with Crippen LogP contribution in [0.4, 0.5) is 16.1 Å². The number of rotatable bonds is 4. The summed E-state index contributed by atoms with van der Waals surface area (Å²) < 4.78 is 19.0. The van der Waals surface area contributed by atoms with Crippen LogP contribution in [0.15, 0.2) is 88.3 Å². The number of aliphatic imine (C=N–C) groups is 1. The molecule has 158 valence electrons. The lowest BCUT2D eigenvalue weighted by molar-refractivity contribution is -0.117. The zero-order valence-electron chi connectivity index (χ0n) is 17.1. The Hall–Kier alpha value is -4.33. The Morgan fingerprint density at radius 1 is 0.906 bits per heavy atom. The smallest absolute Gasteiger partial charge is 0.320 e. The maximum Gasteiger partial charge on any atom is 0.320 e. The van der Waals surface area contributed by atoms with Crippen molar-refractivity contribution in [1.82, 2.24) is 10.2 Å². The van der Waals surface area contributed by atoms with Crippen LogP contribution >= 0.6 is 0 Å². The number of benzene rings is 3. The van der Waals surface area contributed by atoms with Crippen molar-refractivity contribution in [2.75, 3.05) is 17.3 Å². The van der Waals surface area contributed by atoms with Gasteiger partial charge in [-0.05, 0) is 30.3 Å². The van der Waals surface area contributed by atoms with E-state index in [1.54, 1.807) is 19.2 Å². The first kappa shape index (κ1) is 19.6. The number of halogens is 1. The predicted octanol–water partition coefficient (Wildman–Crippen LogP) is 4.13. The summed E-state index contributed by atoms with van der Waals surface area (Å²) >= 11 is 0. The van der Waals surface area contributed by atoms with Gasteiger partial charge in [-0.1, -0.05) is 53.6 Å². The van der Waals surface area contributed by atoms with Crippen LogP contribution in [-0.2, 0) is 4.79 Å². The molecule has 3 aromatic carbocycles. The molecule has 0 spiro atoms. The topological polar surface area (TPSA) is 83.6 Å². The van der Waals surface area contributed by atoms with Crippen LogP contribution in [0.2, 0.25) is 0 Å². The number of hydrogen-bond donors (Lipinski definition) is 1. The number of likely N-dealkylation sites (N-methyl/N-ethyl adjacent to an activating group) is 1. The van der Waals surface area contributed by atoms with Crippen molar-refractivity contribution in [2.45, 2.75) is 6.17 Å². The Bertz CT molecular complexity index is 1300. The second kappa shape index (κ2) is 8.07. The largest absolute Gasteiger partial charge is 0.403 e. The number of aromatic nitrogens is 2. The van der Waals surface area contributed by atoms with E-state index in [2.05, 4.69) is 15.5 Å². The summed E-state index contributed by atoms with van der Waals surface area (Å²) in [7, 11) is 1.66. The van der Waals surface area contributed by atoms with Crippen molar-refractivity contribution >= 4 is 23.3 Å². The molecule has 0 fully saturated rings. The number of carbonyl (C=O) groups excluding carboxylic acids is 1. The third kappa shape index (κ3) is 3.62. The zero-order valence-corrected chi connectivity index (χ0v) is 17.1. The summed E-state index contributed by atoms with van der Waals surface area (Å²) in [5, 5.41) is 11.0. The zero-order chi connectivity index (χ0) is 22.1. The van der Waals surface area contributed by atoms with Gasteiger partial charge in [-0.15, -0.1) is 5.10 Å². The molecule has 1 atom stereocenters. The van der Waals surface area contributed by atoms with Crippen LogP contribution in [0.5, 0.6) is 0 Å². The maximum atomic E-state index is 13.2. The number of anilines is 2. The summed E-state index contributed by atoms with van der Waals surface area (Å²) in [6, 6.07) is 23.0. The lowest BCUT2D eigenvalue weighted by Crippen LogP contribution is -2.40. The third-order valence-electron chi connectivity index (χ3n) is 5.15. The van der Waals surface area contributed by atoms with Gasteiger partial charge >= 0.3 is 6.01 Å². The van der Waals surface area contributed by atoms with E-state index in [9.17, 15) is 9.18 Å². The van der Waals surface area contributed by atoms with E-state index in [0.717, 1.165) is 11.1 Å². The molecular formula is C24H18FN5O2. The van der Waals surface area contributed by atoms with E-state index in [1.165, 1.54) is 17.0 Å². The standard InChI is InChI=1S/C24H18FN5O2/c1-30(24-29-28-23(32-24)16-11-13-17(25)14-12-16)21-22(31)26-19-10-6-5-9-18(19)20(27-21)15-7-3-2-4-8-15/h2-14,21H,1H3,(H,26,31)/t21-/m1/s1. The first-order valence-electron chi connectivity index (χ1n) is 9.96. The van der Waals surface area contributed by atoms with E-state index in [0.29, 0.717) is 17.0 Å². The van der Waals surface area contributed by atoms with Crippen molar-refractivity contribution < 1.29 is 13.6 Å². The van der Waals surface area contributed by atoms with Gasteiger partial charge in [-0.2, -0.15) is 0 Å². The SMILES string of the molecule is CN(c1nnc(-c2ccc(F)cc2)o1)[C@H]1N=C(c2ccccc2)c2ccccc2NC1=O. The molecule has 0 bridgehead atoms. The van der Waals surface area contributed by atoms with Gasteiger partial charge in [0.25, 0.3) is 5.91 Å². The number of benzodiazepines with no additional fused rings is 1. The molecule has 4 aromatic rings. The third-order valence-corrected chi connectivity index (χ3v) is 5.15. The van der Waals surface area contributed by atoms with E-state index in [4.69, 9.17) is 9.41 Å². The average molecular weight is 427 g/mol. The Balaban J connectivity index is 1.54. The van der Waals surface area contributed by atoms with E-state index >= 15 is 0 Å². The quantitative estimate of drug-likeness (QED) is 0.530. The summed E-state index contributed by atoms with van der Waals surface area (Å²) in [5.74, 6) is -0.466. The van der Waals surface area contributed by atoms with Crippen molar-refractivity contribution in [2.24, 2.45) is 4.99 Å². The second-order valence-corrected chi connectivity index (χ2v) is 7.26. The Labute approximate surface area is 183 Å².